The zero-order valence-electron chi connectivity index (χ0n) is 22.5. The first-order chi connectivity index (χ1) is 19.9. The minimum absolute atomic E-state index is 0.0847. The second-order valence-corrected chi connectivity index (χ2v) is 9.67. The summed E-state index contributed by atoms with van der Waals surface area (Å²) in [7, 11) is 1.30. The number of carbonyl (C=O) groups excluding carboxylic acids is 2. The molecule has 0 radical (unpaired) electrons. The normalized spacial score (nSPS) is 11.8. The third-order valence-electron chi connectivity index (χ3n) is 6.83. The SMILES string of the molecule is COC(=O)[C@@H](Cc1c[nH]c2ccccc12)NC(=O)CCCCOc1cc(O)c2c(=O)cc(-c3ccccc3)oc2c1. The number of hydrogen-bond donors (Lipinski definition) is 3. The van der Waals surface area contributed by atoms with E-state index in [4.69, 9.17) is 13.9 Å². The maximum atomic E-state index is 12.6. The van der Waals surface area contributed by atoms with Crippen LogP contribution in [-0.4, -0.2) is 41.7 Å². The van der Waals surface area contributed by atoms with E-state index < -0.39 is 12.0 Å². The van der Waals surface area contributed by atoms with Gasteiger partial charge in [-0.2, -0.15) is 0 Å². The summed E-state index contributed by atoms with van der Waals surface area (Å²) in [4.78, 5) is 40.8. The molecule has 0 aliphatic heterocycles. The molecule has 2 heterocycles. The van der Waals surface area contributed by atoms with E-state index in [1.54, 1.807) is 6.07 Å². The number of esters is 1. The van der Waals surface area contributed by atoms with E-state index in [2.05, 4.69) is 10.3 Å². The predicted molar refractivity (Wildman–Crippen MR) is 155 cm³/mol. The lowest BCUT2D eigenvalue weighted by atomic mass is 10.0. The summed E-state index contributed by atoms with van der Waals surface area (Å²) in [5.41, 5.74) is 2.47. The van der Waals surface area contributed by atoms with E-state index >= 15 is 0 Å². The van der Waals surface area contributed by atoms with Crippen LogP contribution >= 0.6 is 0 Å². The number of aromatic nitrogens is 1. The molecule has 9 nitrogen and oxygen atoms in total. The summed E-state index contributed by atoms with van der Waals surface area (Å²) < 4.78 is 16.6. The molecule has 1 amide bonds. The number of hydrogen-bond acceptors (Lipinski definition) is 7. The van der Waals surface area contributed by atoms with Crippen molar-refractivity contribution in [1.29, 1.82) is 0 Å². The number of methoxy groups -OCH3 is 1. The minimum Gasteiger partial charge on any atom is -0.507 e. The van der Waals surface area contributed by atoms with E-state index in [0.717, 1.165) is 22.0 Å². The van der Waals surface area contributed by atoms with Crippen molar-refractivity contribution in [2.75, 3.05) is 13.7 Å². The van der Waals surface area contributed by atoms with Crippen molar-refractivity contribution >= 4 is 33.7 Å². The van der Waals surface area contributed by atoms with Gasteiger partial charge in [-0.15, -0.1) is 0 Å². The average Bonchev–Trinajstić information content (AvgIpc) is 3.39. The van der Waals surface area contributed by atoms with Crippen LogP contribution in [-0.2, 0) is 20.7 Å². The summed E-state index contributed by atoms with van der Waals surface area (Å²) in [5.74, 6) is -0.267. The Morgan fingerprint density at radius 3 is 2.61 bits per heavy atom. The van der Waals surface area contributed by atoms with E-state index in [1.165, 1.54) is 19.2 Å². The Morgan fingerprint density at radius 2 is 1.80 bits per heavy atom. The Kier molecular flexibility index (Phi) is 8.34. The lowest BCUT2D eigenvalue weighted by Gasteiger charge is -2.16. The molecule has 1 atom stereocenters. The van der Waals surface area contributed by atoms with Gasteiger partial charge in [0.1, 0.15) is 34.3 Å². The van der Waals surface area contributed by atoms with Gasteiger partial charge in [0.25, 0.3) is 0 Å². The number of aromatic hydroxyl groups is 1. The van der Waals surface area contributed by atoms with Crippen LogP contribution in [0.3, 0.4) is 0 Å². The molecule has 0 fully saturated rings. The quantitative estimate of drug-likeness (QED) is 0.153. The molecule has 9 heteroatoms. The molecule has 0 spiro atoms. The molecule has 3 aromatic carbocycles. The van der Waals surface area contributed by atoms with Crippen molar-refractivity contribution in [3.05, 3.63) is 94.8 Å². The number of amides is 1. The van der Waals surface area contributed by atoms with E-state index in [9.17, 15) is 19.5 Å². The molecule has 0 saturated carbocycles. The van der Waals surface area contributed by atoms with Crippen LogP contribution < -0.4 is 15.5 Å². The summed E-state index contributed by atoms with van der Waals surface area (Å²) >= 11 is 0. The first kappa shape index (κ1) is 27.5. The second kappa shape index (κ2) is 12.4. The van der Waals surface area contributed by atoms with E-state index in [0.29, 0.717) is 30.8 Å². The smallest absolute Gasteiger partial charge is 0.328 e. The van der Waals surface area contributed by atoms with Crippen molar-refractivity contribution in [1.82, 2.24) is 10.3 Å². The number of fused-ring (bicyclic) bond motifs is 2. The van der Waals surface area contributed by atoms with Gasteiger partial charge in [0, 0.05) is 53.7 Å². The molecule has 0 bridgehead atoms. The lowest BCUT2D eigenvalue weighted by molar-refractivity contribution is -0.145. The van der Waals surface area contributed by atoms with Gasteiger partial charge in [0.15, 0.2) is 5.43 Å². The molecular weight excluding hydrogens is 524 g/mol. The van der Waals surface area contributed by atoms with Gasteiger partial charge < -0.3 is 29.3 Å². The first-order valence-electron chi connectivity index (χ1n) is 13.3. The molecule has 0 aliphatic carbocycles. The van der Waals surface area contributed by atoms with Gasteiger partial charge >= 0.3 is 5.97 Å². The third kappa shape index (κ3) is 6.41. The van der Waals surface area contributed by atoms with Gasteiger partial charge in [-0.25, -0.2) is 4.79 Å². The topological polar surface area (TPSA) is 131 Å². The van der Waals surface area contributed by atoms with Crippen molar-refractivity contribution in [3.8, 4) is 22.8 Å². The van der Waals surface area contributed by atoms with E-state index in [1.807, 2.05) is 60.8 Å². The Balaban J connectivity index is 1.15. The number of benzene rings is 3. The largest absolute Gasteiger partial charge is 0.507 e. The Bertz CT molecular complexity index is 1740. The number of ether oxygens (including phenoxy) is 2. The zero-order chi connectivity index (χ0) is 28.8. The summed E-state index contributed by atoms with van der Waals surface area (Å²) in [6.07, 6.45) is 3.40. The molecule has 0 aliphatic rings. The predicted octanol–water partition coefficient (Wildman–Crippen LogP) is 5.10. The van der Waals surface area contributed by atoms with Gasteiger partial charge in [-0.1, -0.05) is 48.5 Å². The molecule has 41 heavy (non-hydrogen) atoms. The molecule has 0 saturated heterocycles. The van der Waals surface area contributed by atoms with Crippen LogP contribution in [0.5, 0.6) is 11.5 Å². The molecule has 0 unspecified atom stereocenters. The van der Waals surface area contributed by atoms with Crippen LogP contribution in [0.4, 0.5) is 0 Å². The number of para-hydroxylation sites is 1. The Hall–Kier alpha value is -5.05. The third-order valence-corrected chi connectivity index (χ3v) is 6.83. The highest BCUT2D eigenvalue weighted by atomic mass is 16.5. The lowest BCUT2D eigenvalue weighted by Crippen LogP contribution is -2.43. The van der Waals surface area contributed by atoms with Crippen LogP contribution in [0.1, 0.15) is 24.8 Å². The number of aromatic amines is 1. The van der Waals surface area contributed by atoms with Gasteiger partial charge in [0.05, 0.1) is 13.7 Å². The molecule has 3 N–H and O–H groups in total. The van der Waals surface area contributed by atoms with Crippen LogP contribution in [0.25, 0.3) is 33.2 Å². The fraction of sp³-hybridized carbons (Fsp3) is 0.219. The standard InChI is InChI=1S/C32H30N2O7/c1-39-32(38)25(15-21-19-33-24-12-6-5-11-23(21)24)34-30(37)13-7-8-14-40-22-16-26(35)31-27(36)18-28(41-29(31)17-22)20-9-3-2-4-10-20/h2-6,9-12,16-19,25,33,35H,7-8,13-15H2,1H3,(H,34,37)/t25-/m1/s1. The Morgan fingerprint density at radius 1 is 1.02 bits per heavy atom. The van der Waals surface area contributed by atoms with Crippen molar-refractivity contribution < 1.29 is 28.6 Å². The summed E-state index contributed by atoms with van der Waals surface area (Å²) in [6, 6.07) is 20.5. The monoisotopic (exact) mass is 554 g/mol. The fourth-order valence-electron chi connectivity index (χ4n) is 4.77. The van der Waals surface area contributed by atoms with Gasteiger partial charge in [-0.05, 0) is 24.5 Å². The molecular formula is C32H30N2O7. The summed E-state index contributed by atoms with van der Waals surface area (Å²) in [5, 5.41) is 14.3. The number of rotatable bonds is 11. The van der Waals surface area contributed by atoms with Crippen molar-refractivity contribution in [2.45, 2.75) is 31.7 Å². The zero-order valence-corrected chi connectivity index (χ0v) is 22.5. The number of phenolic OH excluding ortho intramolecular Hbond substituents is 1. The average molecular weight is 555 g/mol. The number of H-pyrrole nitrogens is 1. The van der Waals surface area contributed by atoms with Crippen molar-refractivity contribution in [2.24, 2.45) is 0 Å². The van der Waals surface area contributed by atoms with Crippen molar-refractivity contribution in [3.63, 3.8) is 0 Å². The highest BCUT2D eigenvalue weighted by Crippen LogP contribution is 2.31. The number of phenols is 1. The molecule has 210 valence electrons. The minimum atomic E-state index is -0.807. The molecule has 2 aromatic heterocycles. The molecule has 5 aromatic rings. The number of unbranched alkanes of at least 4 members (excludes halogenated alkanes) is 1. The van der Waals surface area contributed by atoms with Gasteiger partial charge in [-0.3, -0.25) is 9.59 Å². The highest BCUT2D eigenvalue weighted by Gasteiger charge is 2.23. The van der Waals surface area contributed by atoms with Crippen LogP contribution in [0.15, 0.2) is 88.2 Å². The Labute approximate surface area is 235 Å². The fourth-order valence-corrected chi connectivity index (χ4v) is 4.77. The van der Waals surface area contributed by atoms with Crippen LogP contribution in [0.2, 0.25) is 0 Å². The molecule has 5 rings (SSSR count). The second-order valence-electron chi connectivity index (χ2n) is 9.67. The maximum absolute atomic E-state index is 12.6. The van der Waals surface area contributed by atoms with Gasteiger partial charge in [0.2, 0.25) is 5.91 Å². The number of carbonyl (C=O) groups is 2. The highest BCUT2D eigenvalue weighted by molar-refractivity contribution is 5.88. The number of nitrogens with one attached hydrogen (secondary N) is 2. The first-order valence-corrected chi connectivity index (χ1v) is 13.3. The maximum Gasteiger partial charge on any atom is 0.328 e. The van der Waals surface area contributed by atoms with Crippen LogP contribution in [0, 0.1) is 0 Å². The van der Waals surface area contributed by atoms with E-state index in [-0.39, 0.29) is 41.1 Å². The summed E-state index contributed by atoms with van der Waals surface area (Å²) in [6.45, 7) is 0.274.